The van der Waals surface area contributed by atoms with Gasteiger partial charge in [0.1, 0.15) is 5.82 Å². The SMILES string of the molecule is CC(=O)Nc1ccc(F)c(C(=O)NC2CC3CCC(C2)N3)c1. The van der Waals surface area contributed by atoms with E-state index in [0.29, 0.717) is 17.8 Å². The minimum absolute atomic E-state index is 0.0304. The summed E-state index contributed by atoms with van der Waals surface area (Å²) in [4.78, 5) is 23.4. The monoisotopic (exact) mass is 305 g/mol. The van der Waals surface area contributed by atoms with Crippen molar-refractivity contribution in [3.8, 4) is 0 Å². The summed E-state index contributed by atoms with van der Waals surface area (Å²) in [6.07, 6.45) is 4.05. The van der Waals surface area contributed by atoms with Crippen LogP contribution in [0.4, 0.5) is 10.1 Å². The molecule has 1 aromatic carbocycles. The lowest BCUT2D eigenvalue weighted by molar-refractivity contribution is -0.114. The van der Waals surface area contributed by atoms with Crippen molar-refractivity contribution in [1.29, 1.82) is 0 Å². The van der Waals surface area contributed by atoms with Crippen molar-refractivity contribution in [3.05, 3.63) is 29.6 Å². The Morgan fingerprint density at radius 3 is 2.55 bits per heavy atom. The van der Waals surface area contributed by atoms with Gasteiger partial charge in [-0.1, -0.05) is 0 Å². The number of amides is 2. The van der Waals surface area contributed by atoms with Crippen molar-refractivity contribution in [1.82, 2.24) is 10.6 Å². The zero-order chi connectivity index (χ0) is 15.7. The van der Waals surface area contributed by atoms with Crippen LogP contribution in [0.15, 0.2) is 18.2 Å². The second kappa shape index (κ2) is 6.04. The fourth-order valence-corrected chi connectivity index (χ4v) is 3.42. The molecule has 2 atom stereocenters. The van der Waals surface area contributed by atoms with Gasteiger partial charge in [0.05, 0.1) is 5.56 Å². The van der Waals surface area contributed by atoms with Crippen LogP contribution in [0, 0.1) is 5.82 Å². The average molecular weight is 305 g/mol. The first-order valence-electron chi connectivity index (χ1n) is 7.65. The number of piperidine rings is 1. The van der Waals surface area contributed by atoms with Crippen LogP contribution in [0.3, 0.4) is 0 Å². The Morgan fingerprint density at radius 2 is 1.91 bits per heavy atom. The maximum Gasteiger partial charge on any atom is 0.254 e. The fraction of sp³-hybridized carbons (Fsp3) is 0.500. The van der Waals surface area contributed by atoms with Gasteiger partial charge in [-0.15, -0.1) is 0 Å². The molecule has 2 saturated heterocycles. The van der Waals surface area contributed by atoms with Gasteiger partial charge >= 0.3 is 0 Å². The van der Waals surface area contributed by atoms with Crippen LogP contribution >= 0.6 is 0 Å². The number of carbonyl (C=O) groups is 2. The lowest BCUT2D eigenvalue weighted by atomic mass is 9.99. The Morgan fingerprint density at radius 1 is 1.23 bits per heavy atom. The molecule has 1 aromatic rings. The first kappa shape index (κ1) is 15.0. The molecule has 2 heterocycles. The molecule has 2 amide bonds. The lowest BCUT2D eigenvalue weighted by Gasteiger charge is -2.29. The zero-order valence-electron chi connectivity index (χ0n) is 12.5. The standard InChI is InChI=1S/C16H20FN3O2/c1-9(21)18-12-4-5-15(17)14(8-12)16(22)20-13-6-10-2-3-11(7-13)19-10/h4-5,8,10-11,13,19H,2-3,6-7H2,1H3,(H,18,21)(H,20,22). The molecule has 22 heavy (non-hydrogen) atoms. The van der Waals surface area contributed by atoms with E-state index in [1.54, 1.807) is 0 Å². The molecule has 2 fully saturated rings. The highest BCUT2D eigenvalue weighted by molar-refractivity contribution is 5.97. The summed E-state index contributed by atoms with van der Waals surface area (Å²) in [7, 11) is 0. The summed E-state index contributed by atoms with van der Waals surface area (Å²) in [5, 5.41) is 8.99. The summed E-state index contributed by atoms with van der Waals surface area (Å²) in [5.41, 5.74) is 0.390. The molecule has 118 valence electrons. The number of anilines is 1. The van der Waals surface area contributed by atoms with Gasteiger partial charge in [-0.05, 0) is 43.9 Å². The number of rotatable bonds is 3. The third-order valence-electron chi connectivity index (χ3n) is 4.34. The molecule has 0 radical (unpaired) electrons. The predicted octanol–water partition coefficient (Wildman–Crippen LogP) is 1.80. The molecule has 6 heteroatoms. The van der Waals surface area contributed by atoms with Crippen LogP contribution in [-0.2, 0) is 4.79 Å². The zero-order valence-corrected chi connectivity index (χ0v) is 12.5. The molecule has 0 spiro atoms. The first-order valence-corrected chi connectivity index (χ1v) is 7.65. The van der Waals surface area contributed by atoms with Crippen molar-refractivity contribution < 1.29 is 14.0 Å². The third-order valence-corrected chi connectivity index (χ3v) is 4.34. The summed E-state index contributed by atoms with van der Waals surface area (Å²) in [6.45, 7) is 1.37. The van der Waals surface area contributed by atoms with Crippen molar-refractivity contribution in [2.24, 2.45) is 0 Å². The van der Waals surface area contributed by atoms with E-state index in [-0.39, 0.29) is 17.5 Å². The third kappa shape index (κ3) is 3.27. The number of benzene rings is 1. The summed E-state index contributed by atoms with van der Waals surface area (Å²) < 4.78 is 13.9. The van der Waals surface area contributed by atoms with Crippen molar-refractivity contribution >= 4 is 17.5 Å². The fourth-order valence-electron chi connectivity index (χ4n) is 3.42. The number of carbonyl (C=O) groups excluding carboxylic acids is 2. The topological polar surface area (TPSA) is 70.2 Å². The van der Waals surface area contributed by atoms with E-state index in [2.05, 4.69) is 16.0 Å². The number of hydrogen-bond acceptors (Lipinski definition) is 3. The van der Waals surface area contributed by atoms with Crippen LogP contribution < -0.4 is 16.0 Å². The Balaban J connectivity index is 1.70. The minimum atomic E-state index is -0.580. The number of halogens is 1. The van der Waals surface area contributed by atoms with Gasteiger partial charge < -0.3 is 16.0 Å². The first-order chi connectivity index (χ1) is 10.5. The molecule has 2 bridgehead atoms. The van der Waals surface area contributed by atoms with E-state index in [0.717, 1.165) is 25.7 Å². The smallest absolute Gasteiger partial charge is 0.254 e. The molecule has 2 unspecified atom stereocenters. The molecule has 2 aliphatic heterocycles. The predicted molar refractivity (Wildman–Crippen MR) is 81.1 cm³/mol. The van der Waals surface area contributed by atoms with Gasteiger partial charge in [0.25, 0.3) is 5.91 Å². The number of hydrogen-bond donors (Lipinski definition) is 3. The van der Waals surface area contributed by atoms with Crippen LogP contribution in [0.2, 0.25) is 0 Å². The van der Waals surface area contributed by atoms with E-state index >= 15 is 0 Å². The average Bonchev–Trinajstić information content (AvgIpc) is 2.79. The van der Waals surface area contributed by atoms with E-state index in [1.807, 2.05) is 0 Å². The van der Waals surface area contributed by atoms with Crippen molar-refractivity contribution in [3.63, 3.8) is 0 Å². The van der Waals surface area contributed by atoms with Crippen LogP contribution in [0.5, 0.6) is 0 Å². The van der Waals surface area contributed by atoms with Crippen LogP contribution in [-0.4, -0.2) is 29.9 Å². The molecule has 0 aromatic heterocycles. The summed E-state index contributed by atoms with van der Waals surface area (Å²) in [5.74, 6) is -1.26. The van der Waals surface area contributed by atoms with Gasteiger partial charge in [-0.25, -0.2) is 4.39 Å². The number of nitrogens with one attached hydrogen (secondary N) is 3. The highest BCUT2D eigenvalue weighted by atomic mass is 19.1. The molecular weight excluding hydrogens is 285 g/mol. The van der Waals surface area contributed by atoms with Gasteiger partial charge in [0.15, 0.2) is 0 Å². The van der Waals surface area contributed by atoms with Gasteiger partial charge in [0.2, 0.25) is 5.91 Å². The molecule has 0 saturated carbocycles. The van der Waals surface area contributed by atoms with Gasteiger partial charge in [-0.3, -0.25) is 9.59 Å². The highest BCUT2D eigenvalue weighted by Crippen LogP contribution is 2.27. The molecular formula is C16H20FN3O2. The van der Waals surface area contributed by atoms with Crippen LogP contribution in [0.25, 0.3) is 0 Å². The molecule has 3 rings (SSSR count). The van der Waals surface area contributed by atoms with E-state index < -0.39 is 11.7 Å². The Kier molecular flexibility index (Phi) is 4.11. The lowest BCUT2D eigenvalue weighted by Crippen LogP contribution is -2.48. The maximum atomic E-state index is 13.9. The quantitative estimate of drug-likeness (QED) is 0.797. The molecule has 5 nitrogen and oxygen atoms in total. The highest BCUT2D eigenvalue weighted by Gasteiger charge is 2.34. The van der Waals surface area contributed by atoms with E-state index in [1.165, 1.54) is 25.1 Å². The second-order valence-corrected chi connectivity index (χ2v) is 6.16. The summed E-state index contributed by atoms with van der Waals surface area (Å²) in [6, 6.07) is 5.01. The van der Waals surface area contributed by atoms with Crippen molar-refractivity contribution in [2.75, 3.05) is 5.32 Å². The largest absolute Gasteiger partial charge is 0.349 e. The Bertz CT molecular complexity index is 593. The Labute approximate surface area is 128 Å². The summed E-state index contributed by atoms with van der Waals surface area (Å²) >= 11 is 0. The normalized spacial score (nSPS) is 26.5. The van der Waals surface area contributed by atoms with E-state index in [4.69, 9.17) is 0 Å². The Hall–Kier alpha value is -1.95. The van der Waals surface area contributed by atoms with Crippen LogP contribution in [0.1, 0.15) is 43.0 Å². The van der Waals surface area contributed by atoms with Gasteiger partial charge in [-0.2, -0.15) is 0 Å². The molecule has 0 aliphatic carbocycles. The van der Waals surface area contributed by atoms with Crippen molar-refractivity contribution in [2.45, 2.75) is 50.7 Å². The van der Waals surface area contributed by atoms with E-state index in [9.17, 15) is 14.0 Å². The second-order valence-electron chi connectivity index (χ2n) is 6.16. The molecule has 3 N–H and O–H groups in total. The number of fused-ring (bicyclic) bond motifs is 2. The maximum absolute atomic E-state index is 13.9. The molecule has 2 aliphatic rings. The minimum Gasteiger partial charge on any atom is -0.349 e. The van der Waals surface area contributed by atoms with Gasteiger partial charge in [0, 0.05) is 30.7 Å².